The van der Waals surface area contributed by atoms with Gasteiger partial charge in [0.05, 0.1) is 19.3 Å². The van der Waals surface area contributed by atoms with Gasteiger partial charge in [-0.25, -0.2) is 4.79 Å². The van der Waals surface area contributed by atoms with Gasteiger partial charge >= 0.3 is 5.97 Å². The van der Waals surface area contributed by atoms with E-state index in [1.807, 2.05) is 18.2 Å². The minimum Gasteiger partial charge on any atom is -0.461 e. The van der Waals surface area contributed by atoms with Crippen molar-refractivity contribution in [3.05, 3.63) is 46.8 Å². The Balaban J connectivity index is 1.85. The van der Waals surface area contributed by atoms with Crippen molar-refractivity contribution in [3.63, 3.8) is 0 Å². The molecule has 2 heterocycles. The average Bonchev–Trinajstić information content (AvgIpc) is 3.30. The summed E-state index contributed by atoms with van der Waals surface area (Å²) < 4.78 is 10.2. The Morgan fingerprint density at radius 3 is 2.96 bits per heavy atom. The maximum atomic E-state index is 13.0. The minimum absolute atomic E-state index is 0.0942. The van der Waals surface area contributed by atoms with Gasteiger partial charge in [-0.05, 0) is 37.5 Å². The second-order valence-corrected chi connectivity index (χ2v) is 6.07. The van der Waals surface area contributed by atoms with Crippen molar-refractivity contribution in [3.8, 4) is 0 Å². The second kappa shape index (κ2) is 8.09. The van der Waals surface area contributed by atoms with Crippen LogP contribution in [0.3, 0.4) is 0 Å². The van der Waals surface area contributed by atoms with Gasteiger partial charge in [-0.1, -0.05) is 12.1 Å². The summed E-state index contributed by atoms with van der Waals surface area (Å²) in [5.41, 5.74) is 2.13. The first-order valence-electron chi connectivity index (χ1n) is 8.62. The number of hydrogen-bond acceptors (Lipinski definition) is 6. The molecule has 1 amide bonds. The molecule has 1 unspecified atom stereocenters. The van der Waals surface area contributed by atoms with Crippen molar-refractivity contribution >= 4 is 11.9 Å². The molecule has 0 aliphatic carbocycles. The largest absolute Gasteiger partial charge is 0.461 e. The van der Waals surface area contributed by atoms with Gasteiger partial charge in [-0.3, -0.25) is 4.79 Å². The number of amides is 1. The van der Waals surface area contributed by atoms with E-state index in [0.29, 0.717) is 24.4 Å². The molecule has 1 aromatic heterocycles. The summed E-state index contributed by atoms with van der Waals surface area (Å²) in [7, 11) is 1.62. The Hall–Kier alpha value is -2.74. The first-order chi connectivity index (χ1) is 12.7. The lowest BCUT2D eigenvalue weighted by molar-refractivity contribution is 0.0512. The molecule has 0 bridgehead atoms. The third-order valence-corrected chi connectivity index (χ3v) is 4.36. The van der Waals surface area contributed by atoms with Crippen LogP contribution < -0.4 is 0 Å². The number of benzene rings is 1. The Morgan fingerprint density at radius 2 is 2.19 bits per heavy atom. The Bertz CT molecular complexity index is 789. The number of likely N-dealkylation sites (tertiary alicyclic amines) is 1. The van der Waals surface area contributed by atoms with Crippen LogP contribution in [0, 0.1) is 0 Å². The van der Waals surface area contributed by atoms with E-state index >= 15 is 0 Å². The Kier molecular flexibility index (Phi) is 5.62. The number of H-pyrrole nitrogens is 1. The molecule has 8 nitrogen and oxygen atoms in total. The molecule has 1 aliphatic heterocycles. The van der Waals surface area contributed by atoms with E-state index < -0.39 is 5.97 Å². The van der Waals surface area contributed by atoms with Gasteiger partial charge in [-0.15, -0.1) is 5.10 Å². The van der Waals surface area contributed by atoms with Crippen molar-refractivity contribution in [2.45, 2.75) is 32.4 Å². The van der Waals surface area contributed by atoms with Crippen LogP contribution in [0.5, 0.6) is 0 Å². The number of aromatic nitrogens is 3. The summed E-state index contributed by atoms with van der Waals surface area (Å²) in [5.74, 6) is -0.624. The van der Waals surface area contributed by atoms with E-state index in [1.165, 1.54) is 0 Å². The number of methoxy groups -OCH3 is 1. The number of rotatable bonds is 6. The maximum Gasteiger partial charge on any atom is 0.360 e. The zero-order valence-corrected chi connectivity index (χ0v) is 14.9. The molecule has 1 aromatic carbocycles. The number of carbonyl (C=O) groups is 2. The van der Waals surface area contributed by atoms with E-state index in [1.54, 1.807) is 25.0 Å². The molecule has 1 fully saturated rings. The third-order valence-electron chi connectivity index (χ3n) is 4.36. The van der Waals surface area contributed by atoms with Crippen molar-refractivity contribution in [1.29, 1.82) is 0 Å². The Labute approximate surface area is 151 Å². The van der Waals surface area contributed by atoms with Crippen molar-refractivity contribution in [2.75, 3.05) is 20.3 Å². The van der Waals surface area contributed by atoms with Crippen molar-refractivity contribution in [1.82, 2.24) is 20.3 Å². The quantitative estimate of drug-likeness (QED) is 0.794. The number of nitrogens with one attached hydrogen (secondary N) is 1. The zero-order chi connectivity index (χ0) is 18.5. The highest BCUT2D eigenvalue weighted by Gasteiger charge is 2.36. The van der Waals surface area contributed by atoms with E-state index in [9.17, 15) is 9.59 Å². The molecular formula is C18H22N4O4. The van der Waals surface area contributed by atoms with E-state index in [2.05, 4.69) is 15.4 Å². The molecule has 8 heteroatoms. The highest BCUT2D eigenvalue weighted by Crippen LogP contribution is 2.33. The van der Waals surface area contributed by atoms with Gasteiger partial charge in [0.25, 0.3) is 5.91 Å². The van der Waals surface area contributed by atoms with Crippen LogP contribution in [0.25, 0.3) is 0 Å². The molecule has 2 aromatic rings. The zero-order valence-electron chi connectivity index (χ0n) is 14.9. The summed E-state index contributed by atoms with van der Waals surface area (Å²) >= 11 is 0. The highest BCUT2D eigenvalue weighted by molar-refractivity contribution is 5.95. The molecule has 1 saturated heterocycles. The van der Waals surface area contributed by atoms with Crippen LogP contribution in [0.4, 0.5) is 0 Å². The summed E-state index contributed by atoms with van der Waals surface area (Å²) in [6.45, 7) is 3.04. The fourth-order valence-electron chi connectivity index (χ4n) is 3.24. The molecule has 1 aliphatic rings. The van der Waals surface area contributed by atoms with E-state index in [-0.39, 0.29) is 24.2 Å². The van der Waals surface area contributed by atoms with E-state index in [0.717, 1.165) is 18.4 Å². The van der Waals surface area contributed by atoms with Gasteiger partial charge in [0.1, 0.15) is 5.69 Å². The number of ether oxygens (including phenoxy) is 2. The highest BCUT2D eigenvalue weighted by atomic mass is 16.5. The fourth-order valence-corrected chi connectivity index (χ4v) is 3.24. The maximum absolute atomic E-state index is 13.0. The van der Waals surface area contributed by atoms with Crippen LogP contribution in [0.15, 0.2) is 24.3 Å². The fraction of sp³-hybridized carbons (Fsp3) is 0.444. The predicted octanol–water partition coefficient (Wildman–Crippen LogP) is 2.11. The number of aromatic amines is 1. The van der Waals surface area contributed by atoms with Crippen LogP contribution in [0.1, 0.15) is 57.9 Å². The number of nitrogens with zero attached hydrogens (tertiary/aromatic N) is 3. The third kappa shape index (κ3) is 3.60. The molecule has 138 valence electrons. The number of esters is 1. The number of hydrogen-bond donors (Lipinski definition) is 1. The molecule has 0 spiro atoms. The summed E-state index contributed by atoms with van der Waals surface area (Å²) in [6.07, 6.45) is 1.56. The molecule has 1 N–H and O–H groups in total. The normalized spacial score (nSPS) is 16.7. The molecule has 3 rings (SSSR count). The van der Waals surface area contributed by atoms with Gasteiger partial charge in [-0.2, -0.15) is 10.3 Å². The first kappa shape index (κ1) is 18.1. The van der Waals surface area contributed by atoms with Crippen molar-refractivity contribution in [2.24, 2.45) is 0 Å². The molecule has 0 saturated carbocycles. The van der Waals surface area contributed by atoms with E-state index in [4.69, 9.17) is 9.47 Å². The van der Waals surface area contributed by atoms with Crippen LogP contribution in [-0.2, 0) is 16.1 Å². The predicted molar refractivity (Wildman–Crippen MR) is 92.5 cm³/mol. The minimum atomic E-state index is -0.530. The van der Waals surface area contributed by atoms with Crippen LogP contribution >= 0.6 is 0 Å². The lowest BCUT2D eigenvalue weighted by atomic mass is 10.1. The van der Waals surface area contributed by atoms with Crippen LogP contribution in [-0.4, -0.2) is 52.4 Å². The topological polar surface area (TPSA) is 97.4 Å². The SMILES string of the molecule is CCOC(=O)c1n[nH]nc1C1CCCN1C(=O)c1cccc(COC)c1. The lowest BCUT2D eigenvalue weighted by Gasteiger charge is -2.24. The molecule has 0 radical (unpaired) electrons. The monoisotopic (exact) mass is 358 g/mol. The van der Waals surface area contributed by atoms with Gasteiger partial charge in [0.15, 0.2) is 5.69 Å². The van der Waals surface area contributed by atoms with Gasteiger partial charge < -0.3 is 14.4 Å². The summed E-state index contributed by atoms with van der Waals surface area (Å²) in [4.78, 5) is 26.9. The number of carbonyl (C=O) groups excluding carboxylic acids is 2. The molecule has 26 heavy (non-hydrogen) atoms. The molecular weight excluding hydrogens is 336 g/mol. The van der Waals surface area contributed by atoms with Gasteiger partial charge in [0, 0.05) is 19.2 Å². The van der Waals surface area contributed by atoms with Crippen LogP contribution in [0.2, 0.25) is 0 Å². The summed E-state index contributed by atoms with van der Waals surface area (Å²) in [6, 6.07) is 7.07. The smallest absolute Gasteiger partial charge is 0.360 e. The first-order valence-corrected chi connectivity index (χ1v) is 8.62. The van der Waals surface area contributed by atoms with Gasteiger partial charge in [0.2, 0.25) is 0 Å². The second-order valence-electron chi connectivity index (χ2n) is 6.07. The average molecular weight is 358 g/mol. The Morgan fingerprint density at radius 1 is 1.35 bits per heavy atom. The standard InChI is InChI=1S/C18H22N4O4/c1-3-26-18(24)16-15(19-21-20-16)14-8-5-9-22(14)17(23)13-7-4-6-12(10-13)11-25-2/h4,6-7,10,14H,3,5,8-9,11H2,1-2H3,(H,19,20,21). The lowest BCUT2D eigenvalue weighted by Crippen LogP contribution is -2.31. The van der Waals surface area contributed by atoms with Crippen molar-refractivity contribution < 1.29 is 19.1 Å². The molecule has 1 atom stereocenters. The summed E-state index contributed by atoms with van der Waals surface area (Å²) in [5, 5.41) is 10.5.